The molecule has 0 radical (unpaired) electrons. The van der Waals surface area contributed by atoms with Gasteiger partial charge in [0.2, 0.25) is 10.0 Å². The number of aryl methyl sites for hydroxylation is 1. The molecule has 8 heteroatoms. The number of nitrogens with zero attached hydrogens (tertiary/aromatic N) is 1. The van der Waals surface area contributed by atoms with Crippen LogP contribution in [0.3, 0.4) is 0 Å². The summed E-state index contributed by atoms with van der Waals surface area (Å²) in [4.78, 5) is 10.2. The van der Waals surface area contributed by atoms with Crippen LogP contribution in [0, 0.1) is 28.8 Å². The number of halogens is 1. The Balaban J connectivity index is 2.40. The second-order valence-electron chi connectivity index (χ2n) is 6.10. The molecule has 0 aliphatic heterocycles. The summed E-state index contributed by atoms with van der Waals surface area (Å²) in [5.41, 5.74) is 0.732. The highest BCUT2D eigenvalue weighted by molar-refractivity contribution is 7.89. The van der Waals surface area contributed by atoms with Crippen LogP contribution in [0.2, 0.25) is 0 Å². The van der Waals surface area contributed by atoms with E-state index in [2.05, 4.69) is 4.72 Å². The van der Waals surface area contributed by atoms with Crippen molar-refractivity contribution in [2.24, 2.45) is 5.92 Å². The molecule has 2 rings (SSSR count). The van der Waals surface area contributed by atoms with Crippen LogP contribution in [-0.4, -0.2) is 13.3 Å². The predicted molar refractivity (Wildman–Crippen MR) is 92.1 cm³/mol. The van der Waals surface area contributed by atoms with Crippen LogP contribution in [0.5, 0.6) is 0 Å². The maximum absolute atomic E-state index is 13.1. The molecule has 0 spiro atoms. The van der Waals surface area contributed by atoms with Crippen LogP contribution in [0.4, 0.5) is 10.1 Å². The highest BCUT2D eigenvalue weighted by atomic mass is 32.2. The molecule has 0 heterocycles. The molecule has 0 saturated heterocycles. The van der Waals surface area contributed by atoms with E-state index in [1.807, 2.05) is 13.8 Å². The molecule has 0 aliphatic carbocycles. The van der Waals surface area contributed by atoms with Gasteiger partial charge in [-0.1, -0.05) is 32.0 Å². The highest BCUT2D eigenvalue weighted by Crippen LogP contribution is 2.27. The normalized spacial score (nSPS) is 13.0. The second-order valence-corrected chi connectivity index (χ2v) is 7.81. The number of hydrogen-bond donors (Lipinski definition) is 1. The molecular weight excluding hydrogens is 347 g/mol. The summed E-state index contributed by atoms with van der Waals surface area (Å²) >= 11 is 0. The van der Waals surface area contributed by atoms with E-state index in [1.54, 1.807) is 0 Å². The molecule has 1 unspecified atom stereocenters. The Morgan fingerprint density at radius 1 is 1.12 bits per heavy atom. The lowest BCUT2D eigenvalue weighted by atomic mass is 9.97. The van der Waals surface area contributed by atoms with Gasteiger partial charge < -0.3 is 0 Å². The minimum atomic E-state index is -3.98. The van der Waals surface area contributed by atoms with Gasteiger partial charge in [-0.2, -0.15) is 0 Å². The number of nitro benzene ring substituents is 1. The van der Waals surface area contributed by atoms with Crippen molar-refractivity contribution in [3.63, 3.8) is 0 Å². The van der Waals surface area contributed by atoms with Crippen molar-refractivity contribution in [1.29, 1.82) is 0 Å². The van der Waals surface area contributed by atoms with Gasteiger partial charge in [-0.05, 0) is 36.6 Å². The molecule has 0 saturated carbocycles. The lowest BCUT2D eigenvalue weighted by Crippen LogP contribution is -2.31. The van der Waals surface area contributed by atoms with Crippen LogP contribution < -0.4 is 4.72 Å². The maximum Gasteiger partial charge on any atom is 0.273 e. The fourth-order valence-corrected chi connectivity index (χ4v) is 3.84. The van der Waals surface area contributed by atoms with Crippen LogP contribution in [-0.2, 0) is 10.0 Å². The first kappa shape index (κ1) is 19.0. The summed E-state index contributed by atoms with van der Waals surface area (Å²) in [6.45, 7) is 5.19. The molecule has 0 amide bonds. The zero-order chi connectivity index (χ0) is 18.8. The Morgan fingerprint density at radius 3 is 2.24 bits per heavy atom. The Hall–Kier alpha value is -2.32. The number of hydrogen-bond acceptors (Lipinski definition) is 4. The van der Waals surface area contributed by atoms with Crippen molar-refractivity contribution >= 4 is 15.7 Å². The van der Waals surface area contributed by atoms with Gasteiger partial charge in [-0.15, -0.1) is 0 Å². The number of sulfonamides is 1. The number of nitrogens with one attached hydrogen (secondary N) is 1. The Kier molecular flexibility index (Phi) is 5.54. The minimum absolute atomic E-state index is 0.110. The topological polar surface area (TPSA) is 89.3 Å². The molecule has 0 aliphatic rings. The molecule has 25 heavy (non-hydrogen) atoms. The summed E-state index contributed by atoms with van der Waals surface area (Å²) in [6, 6.07) is 8.72. The largest absolute Gasteiger partial charge is 0.273 e. The first-order chi connectivity index (χ1) is 11.6. The minimum Gasteiger partial charge on any atom is -0.258 e. The van der Waals surface area contributed by atoms with E-state index >= 15 is 0 Å². The molecule has 0 bridgehead atoms. The van der Waals surface area contributed by atoms with Gasteiger partial charge in [0.25, 0.3) is 5.69 Å². The molecule has 6 nitrogen and oxygen atoms in total. The first-order valence-electron chi connectivity index (χ1n) is 7.64. The highest BCUT2D eigenvalue weighted by Gasteiger charge is 2.26. The summed E-state index contributed by atoms with van der Waals surface area (Å²) in [5.74, 6) is -0.524. The zero-order valence-electron chi connectivity index (χ0n) is 14.1. The van der Waals surface area contributed by atoms with E-state index in [0.717, 1.165) is 6.07 Å². The average Bonchev–Trinajstić information content (AvgIpc) is 2.53. The Labute approximate surface area is 145 Å². The lowest BCUT2D eigenvalue weighted by molar-refractivity contribution is -0.385. The van der Waals surface area contributed by atoms with Gasteiger partial charge in [0.05, 0.1) is 9.82 Å². The SMILES string of the molecule is Cc1ccc(S(=O)(=O)NC(c2ccc(F)cc2)C(C)C)cc1[N+](=O)[O-]. The average molecular weight is 366 g/mol. The van der Waals surface area contributed by atoms with E-state index in [9.17, 15) is 22.9 Å². The van der Waals surface area contributed by atoms with E-state index in [4.69, 9.17) is 0 Å². The Bertz CT molecular complexity index is 880. The predicted octanol–water partition coefficient (Wildman–Crippen LogP) is 3.72. The molecule has 0 fully saturated rings. The molecule has 0 aromatic heterocycles. The monoisotopic (exact) mass is 366 g/mol. The summed E-state index contributed by atoms with van der Waals surface area (Å²) in [6.07, 6.45) is 0. The van der Waals surface area contributed by atoms with Crippen molar-refractivity contribution < 1.29 is 17.7 Å². The van der Waals surface area contributed by atoms with Crippen LogP contribution in [0.1, 0.15) is 31.0 Å². The molecule has 1 atom stereocenters. The van der Waals surface area contributed by atoms with Crippen molar-refractivity contribution in [1.82, 2.24) is 4.72 Å². The van der Waals surface area contributed by atoms with Crippen LogP contribution >= 0.6 is 0 Å². The summed E-state index contributed by atoms with van der Waals surface area (Å²) in [5, 5.41) is 11.0. The third kappa shape index (κ3) is 4.40. The third-order valence-corrected chi connectivity index (χ3v) is 5.30. The molecule has 1 N–H and O–H groups in total. The van der Waals surface area contributed by atoms with Gasteiger partial charge in [0, 0.05) is 17.7 Å². The van der Waals surface area contributed by atoms with Crippen molar-refractivity contribution in [2.45, 2.75) is 31.7 Å². The maximum atomic E-state index is 13.1. The van der Waals surface area contributed by atoms with Crippen LogP contribution in [0.15, 0.2) is 47.4 Å². The van der Waals surface area contributed by atoms with E-state index in [0.29, 0.717) is 11.1 Å². The quantitative estimate of drug-likeness (QED) is 0.623. The van der Waals surface area contributed by atoms with Crippen LogP contribution in [0.25, 0.3) is 0 Å². The van der Waals surface area contributed by atoms with E-state index < -0.39 is 26.8 Å². The van der Waals surface area contributed by atoms with E-state index in [-0.39, 0.29) is 16.5 Å². The van der Waals surface area contributed by atoms with Gasteiger partial charge in [0.1, 0.15) is 5.82 Å². The standard InChI is InChI=1S/C17H19FN2O4S/c1-11(2)17(13-5-7-14(18)8-6-13)19-25(23,24)15-9-4-12(3)16(10-15)20(21)22/h4-11,17,19H,1-3H3. The van der Waals surface area contributed by atoms with Gasteiger partial charge in [-0.25, -0.2) is 17.5 Å². The van der Waals surface area contributed by atoms with Crippen molar-refractivity contribution in [2.75, 3.05) is 0 Å². The van der Waals surface area contributed by atoms with E-state index in [1.165, 1.54) is 43.3 Å². The number of benzene rings is 2. The van der Waals surface area contributed by atoms with Gasteiger partial charge >= 0.3 is 0 Å². The number of rotatable bonds is 6. The smallest absolute Gasteiger partial charge is 0.258 e. The fourth-order valence-electron chi connectivity index (χ4n) is 2.45. The van der Waals surface area contributed by atoms with Gasteiger partial charge in [0.15, 0.2) is 0 Å². The zero-order valence-corrected chi connectivity index (χ0v) is 14.9. The second kappa shape index (κ2) is 7.28. The molecule has 2 aromatic rings. The Morgan fingerprint density at radius 2 is 1.72 bits per heavy atom. The number of nitro groups is 1. The molecule has 134 valence electrons. The van der Waals surface area contributed by atoms with Crippen molar-refractivity contribution in [3.05, 3.63) is 69.5 Å². The molecular formula is C17H19FN2O4S. The van der Waals surface area contributed by atoms with Gasteiger partial charge in [-0.3, -0.25) is 10.1 Å². The molecule has 2 aromatic carbocycles. The third-order valence-electron chi connectivity index (χ3n) is 3.87. The lowest BCUT2D eigenvalue weighted by Gasteiger charge is -2.23. The first-order valence-corrected chi connectivity index (χ1v) is 9.13. The summed E-state index contributed by atoms with van der Waals surface area (Å²) in [7, 11) is -3.98. The fraction of sp³-hybridized carbons (Fsp3) is 0.294. The summed E-state index contributed by atoms with van der Waals surface area (Å²) < 4.78 is 41.0. The van der Waals surface area contributed by atoms with Crippen molar-refractivity contribution in [3.8, 4) is 0 Å².